The maximum Gasteiger partial charge on any atom is 0.470 e. The highest BCUT2D eigenvalue weighted by molar-refractivity contribution is 7.46. The summed E-state index contributed by atoms with van der Waals surface area (Å²) in [6, 6.07) is 15.5. The molecule has 2 aromatic rings. The van der Waals surface area contributed by atoms with Gasteiger partial charge in [0.15, 0.2) is 0 Å². The molecule has 2 aromatic carbocycles. The van der Waals surface area contributed by atoms with Gasteiger partial charge in [-0.1, -0.05) is 90.1 Å². The van der Waals surface area contributed by atoms with E-state index in [0.717, 1.165) is 22.3 Å². The van der Waals surface area contributed by atoms with Crippen LogP contribution in [0.25, 0.3) is 0 Å². The lowest BCUT2D eigenvalue weighted by atomic mass is 9.83. The van der Waals surface area contributed by atoms with E-state index in [4.69, 9.17) is 4.52 Å². The predicted molar refractivity (Wildman–Crippen MR) is 105 cm³/mol. The van der Waals surface area contributed by atoms with Gasteiger partial charge in [-0.25, -0.2) is 4.57 Å². The normalized spacial score (nSPS) is 13.3. The van der Waals surface area contributed by atoms with Crippen LogP contribution < -0.4 is 0 Å². The lowest BCUT2D eigenvalue weighted by Gasteiger charge is -2.25. The van der Waals surface area contributed by atoms with Crippen LogP contribution in [0.1, 0.15) is 69.9 Å². The lowest BCUT2D eigenvalue weighted by Crippen LogP contribution is -2.14. The van der Waals surface area contributed by atoms with Crippen LogP contribution >= 0.6 is 7.82 Å². The molecule has 0 saturated carbocycles. The molecule has 0 spiro atoms. The fraction of sp³-hybridized carbons (Fsp3) is 0.429. The Morgan fingerprint density at radius 1 is 0.808 bits per heavy atom. The van der Waals surface area contributed by atoms with Gasteiger partial charge < -0.3 is 9.79 Å². The van der Waals surface area contributed by atoms with Crippen molar-refractivity contribution in [2.75, 3.05) is 0 Å². The highest BCUT2D eigenvalue weighted by Gasteiger charge is 2.27. The summed E-state index contributed by atoms with van der Waals surface area (Å²) in [6.07, 6.45) is -0.833. The van der Waals surface area contributed by atoms with Gasteiger partial charge in [-0.15, -0.1) is 0 Å². The van der Waals surface area contributed by atoms with E-state index in [9.17, 15) is 14.4 Å². The van der Waals surface area contributed by atoms with Crippen molar-refractivity contribution >= 4 is 7.82 Å². The van der Waals surface area contributed by atoms with Crippen molar-refractivity contribution in [2.45, 2.75) is 58.5 Å². The van der Waals surface area contributed by atoms with Crippen molar-refractivity contribution in [3.8, 4) is 0 Å². The van der Waals surface area contributed by atoms with Gasteiger partial charge in [-0.2, -0.15) is 0 Å². The summed E-state index contributed by atoms with van der Waals surface area (Å²) in [6.45, 7) is 12.6. The van der Waals surface area contributed by atoms with Crippen LogP contribution in [-0.2, 0) is 19.9 Å². The average Bonchev–Trinajstić information content (AvgIpc) is 2.50. The fourth-order valence-electron chi connectivity index (χ4n) is 2.79. The molecule has 0 heterocycles. The Balaban J connectivity index is 2.57. The molecule has 0 aromatic heterocycles. The highest BCUT2D eigenvalue weighted by Crippen LogP contribution is 2.45. The summed E-state index contributed by atoms with van der Waals surface area (Å²) < 4.78 is 16.8. The zero-order valence-electron chi connectivity index (χ0n) is 16.4. The van der Waals surface area contributed by atoms with Gasteiger partial charge in [-0.05, 0) is 33.1 Å². The van der Waals surface area contributed by atoms with Gasteiger partial charge in [0, 0.05) is 0 Å². The third-order valence-electron chi connectivity index (χ3n) is 4.35. The molecule has 2 N–H and O–H groups in total. The maximum absolute atomic E-state index is 11.6. The van der Waals surface area contributed by atoms with Gasteiger partial charge in [0.2, 0.25) is 0 Å². The van der Waals surface area contributed by atoms with Crippen molar-refractivity contribution in [2.24, 2.45) is 0 Å². The number of hydrogen-bond acceptors (Lipinski definition) is 2. The molecule has 0 amide bonds. The Morgan fingerprint density at radius 2 is 1.19 bits per heavy atom. The fourth-order valence-corrected chi connectivity index (χ4v) is 3.31. The first-order valence-corrected chi connectivity index (χ1v) is 10.3. The smallest absolute Gasteiger partial charge is 0.303 e. The number of benzene rings is 2. The third-order valence-corrected chi connectivity index (χ3v) is 4.84. The van der Waals surface area contributed by atoms with E-state index in [1.165, 1.54) is 0 Å². The molecule has 2 rings (SSSR count). The first kappa shape index (κ1) is 20.9. The van der Waals surface area contributed by atoms with Crippen molar-refractivity contribution < 1.29 is 18.9 Å². The summed E-state index contributed by atoms with van der Waals surface area (Å²) in [5.41, 5.74) is 3.48. The minimum Gasteiger partial charge on any atom is -0.303 e. The molecule has 0 aliphatic heterocycles. The van der Waals surface area contributed by atoms with Crippen LogP contribution in [0.15, 0.2) is 48.5 Å². The molecule has 26 heavy (non-hydrogen) atoms. The molecular formula is C21H29O4P. The van der Waals surface area contributed by atoms with Crippen molar-refractivity contribution in [1.29, 1.82) is 0 Å². The summed E-state index contributed by atoms with van der Waals surface area (Å²) in [7, 11) is -4.66. The number of rotatable bonds is 4. The van der Waals surface area contributed by atoms with Crippen LogP contribution in [0.3, 0.4) is 0 Å². The second-order valence-corrected chi connectivity index (χ2v) is 9.92. The summed E-state index contributed by atoms with van der Waals surface area (Å²) in [5, 5.41) is 0. The average molecular weight is 376 g/mol. The standard InChI is InChI=1S/C21H29O4P/c1-20(2,3)17-11-7-9-15(13-17)19(25-26(22,23)24)16-10-8-12-18(14-16)21(4,5)6/h7-14,19H,1-6H3,(H2,22,23,24). The van der Waals surface area contributed by atoms with Crippen LogP contribution in [0, 0.1) is 0 Å². The molecule has 0 radical (unpaired) electrons. The van der Waals surface area contributed by atoms with E-state index in [1.807, 2.05) is 48.5 Å². The number of phosphoric ester groups is 1. The van der Waals surface area contributed by atoms with Gasteiger partial charge in [0.05, 0.1) is 0 Å². The van der Waals surface area contributed by atoms with E-state index in [0.29, 0.717) is 0 Å². The molecule has 5 heteroatoms. The minimum absolute atomic E-state index is 0.0735. The summed E-state index contributed by atoms with van der Waals surface area (Å²) >= 11 is 0. The summed E-state index contributed by atoms with van der Waals surface area (Å²) in [5.74, 6) is 0. The third kappa shape index (κ3) is 5.52. The number of phosphoric acid groups is 1. The molecule has 0 bridgehead atoms. The zero-order valence-corrected chi connectivity index (χ0v) is 17.2. The molecule has 0 unspecified atom stereocenters. The van der Waals surface area contributed by atoms with Crippen LogP contribution in [-0.4, -0.2) is 9.79 Å². The van der Waals surface area contributed by atoms with Crippen LogP contribution in [0.5, 0.6) is 0 Å². The SMILES string of the molecule is CC(C)(C)c1cccc(C(OP(=O)(O)O)c2cccc(C(C)(C)C)c2)c1. The molecule has 4 nitrogen and oxygen atoms in total. The van der Waals surface area contributed by atoms with Crippen LogP contribution in [0.2, 0.25) is 0 Å². The predicted octanol–water partition coefficient (Wildman–Crippen LogP) is 5.48. The van der Waals surface area contributed by atoms with Gasteiger partial charge >= 0.3 is 7.82 Å². The second kappa shape index (κ2) is 7.28. The lowest BCUT2D eigenvalue weighted by molar-refractivity contribution is 0.157. The molecule has 0 aliphatic carbocycles. The molecule has 0 atom stereocenters. The molecule has 0 saturated heterocycles. The van der Waals surface area contributed by atoms with Gasteiger partial charge in [0.1, 0.15) is 6.10 Å². The Hall–Kier alpha value is -1.45. The minimum atomic E-state index is -4.66. The maximum atomic E-state index is 11.6. The van der Waals surface area contributed by atoms with Crippen molar-refractivity contribution in [1.82, 2.24) is 0 Å². The molecular weight excluding hydrogens is 347 g/mol. The Labute approximate surface area is 156 Å². The van der Waals surface area contributed by atoms with E-state index in [2.05, 4.69) is 41.5 Å². The topological polar surface area (TPSA) is 66.8 Å². The first-order chi connectivity index (χ1) is 11.8. The quantitative estimate of drug-likeness (QED) is 0.694. The Morgan fingerprint density at radius 3 is 1.50 bits per heavy atom. The second-order valence-electron chi connectivity index (χ2n) is 8.73. The first-order valence-electron chi connectivity index (χ1n) is 8.72. The molecule has 0 fully saturated rings. The highest BCUT2D eigenvalue weighted by atomic mass is 31.2. The molecule has 0 aliphatic rings. The zero-order chi connectivity index (χ0) is 19.8. The number of hydrogen-bond donors (Lipinski definition) is 2. The van der Waals surface area contributed by atoms with Crippen LogP contribution in [0.4, 0.5) is 0 Å². The van der Waals surface area contributed by atoms with Crippen molar-refractivity contribution in [3.63, 3.8) is 0 Å². The summed E-state index contributed by atoms with van der Waals surface area (Å²) in [4.78, 5) is 18.9. The van der Waals surface area contributed by atoms with Gasteiger partial charge in [-0.3, -0.25) is 4.52 Å². The van der Waals surface area contributed by atoms with E-state index in [1.54, 1.807) is 0 Å². The van der Waals surface area contributed by atoms with Gasteiger partial charge in [0.25, 0.3) is 0 Å². The van der Waals surface area contributed by atoms with Crippen molar-refractivity contribution in [3.05, 3.63) is 70.8 Å². The Bertz CT molecular complexity index is 752. The van der Waals surface area contributed by atoms with E-state index in [-0.39, 0.29) is 10.8 Å². The molecule has 142 valence electrons. The largest absolute Gasteiger partial charge is 0.470 e. The van der Waals surface area contributed by atoms with E-state index < -0.39 is 13.9 Å². The monoisotopic (exact) mass is 376 g/mol. The van der Waals surface area contributed by atoms with E-state index >= 15 is 0 Å². The Kier molecular flexibility index (Phi) is 5.84.